The van der Waals surface area contributed by atoms with Gasteiger partial charge >= 0.3 is 23.9 Å². The Labute approximate surface area is 621 Å². The van der Waals surface area contributed by atoms with E-state index in [4.69, 9.17) is 54.2 Å². The van der Waals surface area contributed by atoms with Gasteiger partial charge in [-0.05, 0) is 160 Å². The molecule has 26 heteroatoms. The molecular weight excluding hydrogens is 1400 g/mol. The lowest BCUT2D eigenvalue weighted by molar-refractivity contribution is 0.0588. The molecule has 9 aromatic carbocycles. The number of hydrogen-bond acceptors (Lipinski definition) is 19. The lowest BCUT2D eigenvalue weighted by atomic mass is 10.1. The number of H-pyrrole nitrogens is 2. The van der Waals surface area contributed by atoms with Crippen LogP contribution in [-0.4, -0.2) is 105 Å². The molecule has 2 aromatic heterocycles. The van der Waals surface area contributed by atoms with Crippen LogP contribution in [0.1, 0.15) is 85.4 Å². The number of ether oxygens (including phenoxy) is 10. The Bertz CT molecular complexity index is 4870. The molecule has 24 nitrogen and oxygen atoms in total. The van der Waals surface area contributed by atoms with Gasteiger partial charge in [-0.25, -0.2) is 28.0 Å². The highest BCUT2D eigenvalue weighted by atomic mass is 19.1. The molecule has 0 aliphatic rings. The summed E-state index contributed by atoms with van der Waals surface area (Å²) >= 11 is 0. The number of esters is 2. The first-order valence-corrected chi connectivity index (χ1v) is 32.4. The monoisotopic (exact) mass is 1480 g/mol. The molecule has 2 heterocycles. The van der Waals surface area contributed by atoms with Gasteiger partial charge in [-0.15, -0.1) is 0 Å². The number of phenolic OH excluding ortho intramolecular Hbond substituents is 1. The van der Waals surface area contributed by atoms with E-state index < -0.39 is 35.5 Å². The summed E-state index contributed by atoms with van der Waals surface area (Å²) in [4.78, 5) is 85.3. The van der Waals surface area contributed by atoms with E-state index in [-0.39, 0.29) is 57.5 Å². The van der Waals surface area contributed by atoms with Crippen LogP contribution in [-0.2, 0) is 22.6 Å². The molecule has 11 rings (SSSR count). The van der Waals surface area contributed by atoms with Crippen molar-refractivity contribution in [3.8, 4) is 69.0 Å². The van der Waals surface area contributed by atoms with Gasteiger partial charge in [0.1, 0.15) is 103 Å². The number of amides is 1. The lowest BCUT2D eigenvalue weighted by Gasteiger charge is -2.12. The van der Waals surface area contributed by atoms with Gasteiger partial charge in [0.25, 0.3) is 17.0 Å². The summed E-state index contributed by atoms with van der Waals surface area (Å²) in [6.07, 6.45) is 0. The molecule has 0 aliphatic carbocycles. The van der Waals surface area contributed by atoms with Crippen LogP contribution in [0.15, 0.2) is 234 Å². The molecule has 0 unspecified atom stereocenters. The number of methoxy groups -OCH3 is 7. The molecule has 11 aromatic rings. The van der Waals surface area contributed by atoms with Crippen LogP contribution in [0.25, 0.3) is 0 Å². The average Bonchev–Trinajstić information content (AvgIpc) is 0.845. The van der Waals surface area contributed by atoms with Crippen molar-refractivity contribution < 1.29 is 95.4 Å². The summed E-state index contributed by atoms with van der Waals surface area (Å²) in [5.41, 5.74) is 10.8. The third kappa shape index (κ3) is 27.1. The fourth-order valence-corrected chi connectivity index (χ4v) is 9.44. The first-order chi connectivity index (χ1) is 51.8. The number of hydrogen-bond donors (Lipinski definition) is 7. The molecule has 0 atom stereocenters. The summed E-state index contributed by atoms with van der Waals surface area (Å²) in [6.45, 7) is 7.85. The molecule has 8 N–H and O–H groups in total. The number of phenols is 1. The van der Waals surface area contributed by atoms with Gasteiger partial charge in [0, 0.05) is 65.9 Å². The maximum absolute atomic E-state index is 12.7. The second-order valence-electron chi connectivity index (χ2n) is 22.2. The number of para-hydroxylation sites is 4. The van der Waals surface area contributed by atoms with Gasteiger partial charge in [0.2, 0.25) is 0 Å². The Morgan fingerprint density at radius 2 is 0.694 bits per heavy atom. The molecule has 0 fully saturated rings. The smallest absolute Gasteiger partial charge is 0.341 e. The summed E-state index contributed by atoms with van der Waals surface area (Å²) in [5.74, 6) is 0.931. The Hall–Kier alpha value is -13.8. The van der Waals surface area contributed by atoms with E-state index in [9.17, 15) is 42.3 Å². The summed E-state index contributed by atoms with van der Waals surface area (Å²) < 4.78 is 76.4. The maximum Gasteiger partial charge on any atom is 0.341 e. The van der Waals surface area contributed by atoms with E-state index in [2.05, 4.69) is 29.5 Å². The number of rotatable bonds is 19. The molecule has 0 aliphatic heterocycles. The van der Waals surface area contributed by atoms with E-state index >= 15 is 0 Å². The molecule has 1 amide bonds. The molecule has 0 saturated carbocycles. The van der Waals surface area contributed by atoms with Crippen molar-refractivity contribution in [3.05, 3.63) is 318 Å². The molecule has 0 saturated heterocycles. The van der Waals surface area contributed by atoms with Crippen molar-refractivity contribution in [1.29, 1.82) is 0 Å². The van der Waals surface area contributed by atoms with Crippen molar-refractivity contribution in [2.75, 3.05) is 49.8 Å². The average molecular weight is 1480 g/mol. The largest absolute Gasteiger partial charge is 0.508 e. The number of aromatic carboxylic acids is 2. The number of carboxylic acids is 2. The fraction of sp³-hybridized carbons (Fsp3) is 0.159. The van der Waals surface area contributed by atoms with Gasteiger partial charge in [0.05, 0.1) is 55.3 Å². The van der Waals surface area contributed by atoms with Gasteiger partial charge in [-0.1, -0.05) is 72.8 Å². The van der Waals surface area contributed by atoms with Crippen LogP contribution in [0.3, 0.4) is 0 Å². The predicted octanol–water partition coefficient (Wildman–Crippen LogP) is 15.2. The maximum atomic E-state index is 12.7. The van der Waals surface area contributed by atoms with Gasteiger partial charge in [0.15, 0.2) is 0 Å². The van der Waals surface area contributed by atoms with Crippen molar-refractivity contribution in [3.63, 3.8) is 0 Å². The van der Waals surface area contributed by atoms with Crippen LogP contribution in [0.5, 0.6) is 69.0 Å². The van der Waals surface area contributed by atoms with E-state index in [0.717, 1.165) is 52.5 Å². The molecule has 564 valence electrons. The van der Waals surface area contributed by atoms with Gasteiger partial charge in [-0.2, -0.15) is 0 Å². The molecule has 0 bridgehead atoms. The van der Waals surface area contributed by atoms with E-state index in [1.54, 1.807) is 72.8 Å². The number of aromatic amines is 2. The second kappa shape index (κ2) is 44.0. The molecule has 0 spiro atoms. The van der Waals surface area contributed by atoms with Crippen LogP contribution in [0.4, 0.5) is 8.78 Å². The third-order valence-electron chi connectivity index (χ3n) is 14.7. The zero-order chi connectivity index (χ0) is 79.2. The Morgan fingerprint density at radius 3 is 1.03 bits per heavy atom. The number of carbonyl (C=O) groups excluding carboxylic acids is 3. The standard InChI is InChI=1S/C22H22N2O4.C15H14O4.C14H12O4.C9H9FO3.C8H7FO3.C8H12N2O.C6H6O/c1-14-11-15(2)24-22(26)19(14)13-23-21(25)18-10-9-17(12-20(18)27-3)28-16-7-5-4-6-8-16;1-17-14-10-12(8-9-13(14)15(16)18-2)19-11-6-4-3-5-7-11;1-17-13-9-11(7-8-12(13)14(15)16)18-10-5-3-2-4-6-10;1-12-8-5-6(10)3-4-7(8)9(11)13-2;1-12-7-4-5(9)2-3-6(7)8(10)11;1-5-3-6(2)10-8(11)7(5)4-9;7-6-4-2-1-3-5-6/h4-12H,13H2,1-3H3,(H,23,25)(H,24,26);3-10H,1-2H3;2-9H,1H3,(H,15,16);3-5H,1-2H3;2-4H,1H3,(H,10,11);3H,4,9H2,1-2H3,(H,10,11);1-5,7H. The number of nitrogens with two attached hydrogens (primary N) is 1. The van der Waals surface area contributed by atoms with Crippen LogP contribution in [0, 0.1) is 39.3 Å². The molecule has 0 radical (unpaired) electrons. The minimum Gasteiger partial charge on any atom is -0.508 e. The lowest BCUT2D eigenvalue weighted by Crippen LogP contribution is -2.28. The van der Waals surface area contributed by atoms with E-state index in [1.807, 2.05) is 137 Å². The van der Waals surface area contributed by atoms with Crippen LogP contribution >= 0.6 is 0 Å². The normalized spacial score (nSPS) is 9.83. The quantitative estimate of drug-likeness (QED) is 0.0370. The van der Waals surface area contributed by atoms with Crippen molar-refractivity contribution in [2.24, 2.45) is 5.73 Å². The number of halogens is 2. The third-order valence-corrected chi connectivity index (χ3v) is 14.7. The van der Waals surface area contributed by atoms with Crippen molar-refractivity contribution in [2.45, 2.75) is 40.8 Å². The number of carboxylic acid groups (broad SMARTS) is 2. The Kier molecular flexibility index (Phi) is 34.6. The predicted molar refractivity (Wildman–Crippen MR) is 401 cm³/mol. The number of nitrogens with one attached hydrogen (secondary N) is 3. The first-order valence-electron chi connectivity index (χ1n) is 32.4. The highest BCUT2D eigenvalue weighted by Crippen LogP contribution is 2.32. The number of carbonyl (C=O) groups is 5. The topological polar surface area (TPSA) is 342 Å². The number of benzene rings is 9. The van der Waals surface area contributed by atoms with Gasteiger partial charge < -0.3 is 83.7 Å². The summed E-state index contributed by atoms with van der Waals surface area (Å²) in [5, 5.41) is 29.0. The number of aromatic hydroxyl groups is 1. The highest BCUT2D eigenvalue weighted by Gasteiger charge is 2.18. The minimum atomic E-state index is -1.13. The number of aromatic nitrogens is 2. The zero-order valence-corrected chi connectivity index (χ0v) is 60.9. The SMILES string of the molecule is COC(=O)c1ccc(F)cc1OC.COC(=O)c1ccc(Oc2ccccc2)cc1OC.COc1cc(F)ccc1C(=O)O.COc1cc(Oc2ccccc2)ccc1C(=O)NCc1c(C)cc(C)[nH]c1=O.COc1cc(Oc2ccccc2)ccc1C(=O)O.Cc1cc(C)c(CN)c(=O)[nH]1.Oc1ccccc1. The Balaban J connectivity index is 0.000000234. The number of pyridine rings is 2. The molecular formula is C82H82F2N4O20. The Morgan fingerprint density at radius 1 is 0.389 bits per heavy atom. The summed E-state index contributed by atoms with van der Waals surface area (Å²) in [7, 11) is 9.65. The van der Waals surface area contributed by atoms with Crippen molar-refractivity contribution >= 4 is 29.8 Å². The molecule has 108 heavy (non-hydrogen) atoms. The van der Waals surface area contributed by atoms with Crippen LogP contribution in [0.2, 0.25) is 0 Å². The van der Waals surface area contributed by atoms with Gasteiger partial charge in [-0.3, -0.25) is 14.4 Å². The van der Waals surface area contributed by atoms with Crippen molar-refractivity contribution in [1.82, 2.24) is 15.3 Å². The second-order valence-corrected chi connectivity index (χ2v) is 22.2. The fourth-order valence-electron chi connectivity index (χ4n) is 9.44. The minimum absolute atomic E-state index is 0.0301. The van der Waals surface area contributed by atoms with Crippen LogP contribution < -0.4 is 60.1 Å². The first kappa shape index (κ1) is 84.9. The van der Waals surface area contributed by atoms with E-state index in [1.165, 1.54) is 68.0 Å². The number of aryl methyl sites for hydroxylation is 4. The highest BCUT2D eigenvalue weighted by molar-refractivity contribution is 5.97. The summed E-state index contributed by atoms with van der Waals surface area (Å²) in [6, 6.07) is 61.9. The zero-order valence-electron chi connectivity index (χ0n) is 60.9. The van der Waals surface area contributed by atoms with E-state index in [0.29, 0.717) is 74.8 Å².